The molecular weight excluding hydrogens is 579 g/mol. The molecule has 5 aromatic carbocycles. The number of amides is 2. The van der Waals surface area contributed by atoms with Crippen molar-refractivity contribution in [2.75, 3.05) is 10.6 Å². The number of carboxylic acid groups (broad SMARTS) is 1. The number of rotatable bonds is 8. The van der Waals surface area contributed by atoms with Gasteiger partial charge in [0.25, 0.3) is 5.91 Å². The van der Waals surface area contributed by atoms with Crippen LogP contribution in [0.3, 0.4) is 0 Å². The Bertz CT molecular complexity index is 1770. The third kappa shape index (κ3) is 6.55. The van der Waals surface area contributed by atoms with Gasteiger partial charge in [-0.05, 0) is 59.5 Å². The van der Waals surface area contributed by atoms with E-state index in [9.17, 15) is 19.5 Å². The minimum absolute atomic E-state index is 0.0501. The fourth-order valence-corrected chi connectivity index (χ4v) is 5.80. The van der Waals surface area contributed by atoms with Gasteiger partial charge < -0.3 is 15.7 Å². The monoisotopic (exact) mass is 600 g/mol. The lowest BCUT2D eigenvalue weighted by atomic mass is 9.98. The van der Waals surface area contributed by atoms with E-state index in [1.165, 1.54) is 17.8 Å². The maximum atomic E-state index is 13.5. The molecule has 0 fully saturated rings. The van der Waals surface area contributed by atoms with Crippen molar-refractivity contribution < 1.29 is 19.5 Å². The fraction of sp³-hybridized carbons (Fsp3) is 0.0312. The maximum absolute atomic E-state index is 13.5. The Morgan fingerprint density at radius 3 is 2.17 bits per heavy atom. The number of thioether (sulfide) groups is 1. The van der Waals surface area contributed by atoms with Crippen molar-refractivity contribution in [2.24, 2.45) is 0 Å². The highest BCUT2D eigenvalue weighted by Gasteiger charge is 2.23. The van der Waals surface area contributed by atoms with Crippen LogP contribution in [0, 0.1) is 0 Å². The lowest BCUT2D eigenvalue weighted by molar-refractivity contribution is -0.115. The zero-order chi connectivity index (χ0) is 28.9. The molecule has 0 aliphatic carbocycles. The first kappa shape index (κ1) is 28.2. The smallest absolute Gasteiger partial charge is 0.336 e. The summed E-state index contributed by atoms with van der Waals surface area (Å²) in [6, 6.07) is 31.2. The zero-order valence-corrected chi connectivity index (χ0v) is 23.6. The van der Waals surface area contributed by atoms with Gasteiger partial charge in [-0.25, -0.2) is 4.79 Å². The number of hydrogen-bond acceptors (Lipinski definition) is 4. The van der Waals surface area contributed by atoms with Crippen molar-refractivity contribution in [3.05, 3.63) is 136 Å². The van der Waals surface area contributed by atoms with E-state index in [1.807, 2.05) is 36.4 Å². The molecule has 9 heteroatoms. The normalized spacial score (nSPS) is 11.6. The molecule has 0 heterocycles. The Morgan fingerprint density at radius 2 is 1.44 bits per heavy atom. The van der Waals surface area contributed by atoms with Crippen molar-refractivity contribution in [1.29, 1.82) is 0 Å². The van der Waals surface area contributed by atoms with Crippen LogP contribution < -0.4 is 10.6 Å². The summed E-state index contributed by atoms with van der Waals surface area (Å²) in [5, 5.41) is 16.6. The Labute approximate surface area is 250 Å². The maximum Gasteiger partial charge on any atom is 0.336 e. The number of nitrogens with one attached hydrogen (secondary N) is 2. The molecule has 0 spiro atoms. The van der Waals surface area contributed by atoms with E-state index in [4.69, 9.17) is 23.2 Å². The lowest BCUT2D eigenvalue weighted by Crippen LogP contribution is -2.19. The Balaban J connectivity index is 1.41. The van der Waals surface area contributed by atoms with E-state index in [1.54, 1.807) is 66.7 Å². The van der Waals surface area contributed by atoms with Gasteiger partial charge in [-0.15, -0.1) is 11.8 Å². The molecule has 5 aromatic rings. The Morgan fingerprint density at radius 1 is 0.732 bits per heavy atom. The van der Waals surface area contributed by atoms with Gasteiger partial charge in [0.15, 0.2) is 0 Å². The molecule has 204 valence electrons. The summed E-state index contributed by atoms with van der Waals surface area (Å²) in [6.45, 7) is 0. The predicted octanol–water partition coefficient (Wildman–Crippen LogP) is 8.57. The largest absolute Gasteiger partial charge is 0.478 e. The molecule has 3 N–H and O–H groups in total. The third-order valence-corrected chi connectivity index (χ3v) is 8.07. The number of halogens is 2. The topological polar surface area (TPSA) is 95.5 Å². The highest BCUT2D eigenvalue weighted by atomic mass is 35.5. The molecule has 2 amide bonds. The van der Waals surface area contributed by atoms with Crippen LogP contribution in [0.5, 0.6) is 0 Å². The van der Waals surface area contributed by atoms with Gasteiger partial charge in [0.05, 0.1) is 16.3 Å². The molecule has 5 rings (SSSR count). The van der Waals surface area contributed by atoms with Gasteiger partial charge in [0.1, 0.15) is 5.25 Å². The quantitative estimate of drug-likeness (QED) is 0.155. The molecule has 0 aliphatic rings. The van der Waals surface area contributed by atoms with Crippen LogP contribution >= 0.6 is 35.0 Å². The highest BCUT2D eigenvalue weighted by Crippen LogP contribution is 2.38. The molecule has 0 saturated carbocycles. The number of benzene rings is 5. The summed E-state index contributed by atoms with van der Waals surface area (Å²) in [6.07, 6.45) is 0. The SMILES string of the molecule is O=C(O)c1cccc2cccc(C(=O)Nc3cccc(SC(C(=O)Nc4cc(Cl)ccc4Cl)c4ccccc4)c3)c12. The van der Waals surface area contributed by atoms with Crippen LogP contribution in [0.25, 0.3) is 10.8 Å². The van der Waals surface area contributed by atoms with E-state index < -0.39 is 17.1 Å². The second-order valence-corrected chi connectivity index (χ2v) is 11.0. The number of carbonyl (C=O) groups is 3. The first-order chi connectivity index (χ1) is 19.8. The minimum Gasteiger partial charge on any atom is -0.478 e. The number of aromatic carboxylic acids is 1. The van der Waals surface area contributed by atoms with Gasteiger partial charge in [0.2, 0.25) is 5.91 Å². The summed E-state index contributed by atoms with van der Waals surface area (Å²) < 4.78 is 0. The minimum atomic E-state index is -1.11. The summed E-state index contributed by atoms with van der Waals surface area (Å²) in [4.78, 5) is 39.4. The number of carboxylic acids is 1. The highest BCUT2D eigenvalue weighted by molar-refractivity contribution is 8.00. The van der Waals surface area contributed by atoms with Crippen LogP contribution in [0.1, 0.15) is 31.5 Å². The standard InChI is InChI=1S/C32H22Cl2N2O4S/c33-21-15-16-26(34)27(17-21)36-31(38)29(20-7-2-1-3-8-20)41-23-12-6-11-22(18-23)35-30(37)24-13-4-9-19-10-5-14-25(28(19)24)32(39)40/h1-18,29H,(H,35,37)(H,36,38)(H,39,40). The van der Waals surface area contributed by atoms with Crippen LogP contribution in [0.4, 0.5) is 11.4 Å². The van der Waals surface area contributed by atoms with Gasteiger partial charge >= 0.3 is 5.97 Å². The van der Waals surface area contributed by atoms with Crippen molar-refractivity contribution in [1.82, 2.24) is 0 Å². The Hall–Kier alpha value is -4.30. The first-order valence-electron chi connectivity index (χ1n) is 12.4. The molecule has 0 radical (unpaired) electrons. The first-order valence-corrected chi connectivity index (χ1v) is 14.1. The van der Waals surface area contributed by atoms with E-state index in [-0.39, 0.29) is 17.0 Å². The number of fused-ring (bicyclic) bond motifs is 1. The van der Waals surface area contributed by atoms with Gasteiger partial charge in [-0.3, -0.25) is 9.59 Å². The van der Waals surface area contributed by atoms with Gasteiger partial charge in [-0.1, -0.05) is 83.9 Å². The summed E-state index contributed by atoms with van der Waals surface area (Å²) in [7, 11) is 0. The molecule has 41 heavy (non-hydrogen) atoms. The summed E-state index contributed by atoms with van der Waals surface area (Å²) in [5.41, 5.74) is 1.98. The zero-order valence-electron chi connectivity index (χ0n) is 21.3. The van der Waals surface area contributed by atoms with Crippen LogP contribution in [0.2, 0.25) is 10.0 Å². The van der Waals surface area contributed by atoms with Crippen LogP contribution in [0.15, 0.2) is 114 Å². The molecule has 0 bridgehead atoms. The van der Waals surface area contributed by atoms with Crippen molar-refractivity contribution >= 4 is 74.9 Å². The number of hydrogen-bond donors (Lipinski definition) is 3. The average Bonchev–Trinajstić information content (AvgIpc) is 2.97. The van der Waals surface area contributed by atoms with E-state index in [0.717, 1.165) is 10.5 Å². The van der Waals surface area contributed by atoms with Crippen molar-refractivity contribution in [3.8, 4) is 0 Å². The number of carbonyl (C=O) groups excluding carboxylic acids is 2. The second kappa shape index (κ2) is 12.5. The van der Waals surface area contributed by atoms with E-state index in [0.29, 0.717) is 32.2 Å². The van der Waals surface area contributed by atoms with Crippen LogP contribution in [-0.2, 0) is 4.79 Å². The summed E-state index contributed by atoms with van der Waals surface area (Å²) >= 11 is 13.7. The molecule has 0 aromatic heterocycles. The third-order valence-electron chi connectivity index (χ3n) is 6.25. The molecular formula is C32H22Cl2N2O4S. The molecule has 0 aliphatic heterocycles. The predicted molar refractivity (Wildman–Crippen MR) is 165 cm³/mol. The molecule has 6 nitrogen and oxygen atoms in total. The van der Waals surface area contributed by atoms with Gasteiger partial charge in [-0.2, -0.15) is 0 Å². The lowest BCUT2D eigenvalue weighted by Gasteiger charge is -2.18. The van der Waals surface area contributed by atoms with Crippen molar-refractivity contribution in [3.63, 3.8) is 0 Å². The number of anilines is 2. The second-order valence-electron chi connectivity index (χ2n) is 9.02. The van der Waals surface area contributed by atoms with E-state index in [2.05, 4.69) is 10.6 Å². The van der Waals surface area contributed by atoms with Gasteiger partial charge in [0, 0.05) is 26.6 Å². The molecule has 0 saturated heterocycles. The fourth-order valence-electron chi connectivity index (χ4n) is 4.38. The average molecular weight is 602 g/mol. The molecule has 1 unspecified atom stereocenters. The van der Waals surface area contributed by atoms with E-state index >= 15 is 0 Å². The van der Waals surface area contributed by atoms with Crippen LogP contribution in [-0.4, -0.2) is 22.9 Å². The molecule has 1 atom stereocenters. The van der Waals surface area contributed by atoms with Crippen molar-refractivity contribution in [2.45, 2.75) is 10.1 Å². The Kier molecular flexibility index (Phi) is 8.59. The summed E-state index contributed by atoms with van der Waals surface area (Å²) in [5.74, 6) is -1.85.